The van der Waals surface area contributed by atoms with Crippen LogP contribution in [0.3, 0.4) is 0 Å². The van der Waals surface area contributed by atoms with E-state index in [0.29, 0.717) is 5.56 Å². The third-order valence-corrected chi connectivity index (χ3v) is 7.13. The van der Waals surface area contributed by atoms with Crippen molar-refractivity contribution in [3.05, 3.63) is 84.2 Å². The molecular weight excluding hydrogens is 411 g/mol. The number of benzene rings is 3. The Labute approximate surface area is 172 Å². The van der Waals surface area contributed by atoms with E-state index in [0.717, 1.165) is 9.20 Å². The maximum absolute atomic E-state index is 14.2. The van der Waals surface area contributed by atoms with Crippen LogP contribution in [0.25, 0.3) is 0 Å². The van der Waals surface area contributed by atoms with Gasteiger partial charge in [-0.05, 0) is 42.7 Å². The third kappa shape index (κ3) is 3.38. The van der Waals surface area contributed by atoms with Crippen molar-refractivity contribution in [3.63, 3.8) is 0 Å². The molecule has 3 aromatic rings. The number of amides is 2. The number of hydrogen-bond acceptors (Lipinski definition) is 4. The van der Waals surface area contributed by atoms with Crippen molar-refractivity contribution >= 4 is 39.2 Å². The summed E-state index contributed by atoms with van der Waals surface area (Å²) in [6.07, 6.45) is 1.87. The van der Waals surface area contributed by atoms with Gasteiger partial charge in [0.25, 0.3) is 10.0 Å². The van der Waals surface area contributed by atoms with E-state index >= 15 is 0 Å². The van der Waals surface area contributed by atoms with Gasteiger partial charge in [0.2, 0.25) is 0 Å². The molecule has 148 valence electrons. The molecule has 1 aliphatic rings. The standard InChI is InChI=1S/C21H17FN2O3S2/c1-28-17-9-6-8-16(13-17)24-21(25)23(14-15-7-2-3-10-18(15)22)19-11-4-5-12-20(19)29(24,26)27/h2-13H,14H2,1H3. The minimum absolute atomic E-state index is 0.00509. The molecule has 0 N–H and O–H groups in total. The second-order valence-corrected chi connectivity index (χ2v) is 9.03. The van der Waals surface area contributed by atoms with Crippen molar-refractivity contribution in [3.8, 4) is 0 Å². The molecule has 0 fully saturated rings. The minimum Gasteiger partial charge on any atom is -0.287 e. The Morgan fingerprint density at radius 2 is 1.69 bits per heavy atom. The molecule has 8 heteroatoms. The summed E-state index contributed by atoms with van der Waals surface area (Å²) in [4.78, 5) is 15.5. The van der Waals surface area contributed by atoms with Crippen LogP contribution < -0.4 is 9.21 Å². The largest absolute Gasteiger partial charge is 0.343 e. The maximum Gasteiger partial charge on any atom is 0.343 e. The summed E-state index contributed by atoms with van der Waals surface area (Å²) in [6, 6.07) is 18.4. The number of nitrogens with zero attached hydrogens (tertiary/aromatic N) is 2. The zero-order valence-electron chi connectivity index (χ0n) is 15.4. The van der Waals surface area contributed by atoms with E-state index in [4.69, 9.17) is 0 Å². The number of carbonyl (C=O) groups excluding carboxylic acids is 1. The van der Waals surface area contributed by atoms with Gasteiger partial charge in [-0.1, -0.05) is 36.4 Å². The zero-order chi connectivity index (χ0) is 20.6. The average molecular weight is 429 g/mol. The Hall–Kier alpha value is -2.84. The zero-order valence-corrected chi connectivity index (χ0v) is 17.1. The number of fused-ring (bicyclic) bond motifs is 1. The molecule has 0 saturated carbocycles. The van der Waals surface area contributed by atoms with Gasteiger partial charge >= 0.3 is 6.03 Å². The van der Waals surface area contributed by atoms with Gasteiger partial charge in [0.05, 0.1) is 17.9 Å². The van der Waals surface area contributed by atoms with Crippen LogP contribution in [0.15, 0.2) is 82.6 Å². The van der Waals surface area contributed by atoms with Gasteiger partial charge in [-0.2, -0.15) is 4.31 Å². The summed E-state index contributed by atoms with van der Waals surface area (Å²) < 4.78 is 41.6. The number of halogens is 1. The van der Waals surface area contributed by atoms with Crippen molar-refractivity contribution in [2.24, 2.45) is 0 Å². The minimum atomic E-state index is -4.11. The number of hydrogen-bond donors (Lipinski definition) is 0. The first kappa shape index (κ1) is 19.5. The molecule has 5 nitrogen and oxygen atoms in total. The highest BCUT2D eigenvalue weighted by Gasteiger charge is 2.42. The van der Waals surface area contributed by atoms with Crippen molar-refractivity contribution in [1.29, 1.82) is 0 Å². The van der Waals surface area contributed by atoms with E-state index in [1.54, 1.807) is 54.6 Å². The summed E-state index contributed by atoms with van der Waals surface area (Å²) in [5.74, 6) is -0.456. The number of thioether (sulfide) groups is 1. The van der Waals surface area contributed by atoms with Gasteiger partial charge in [0.1, 0.15) is 10.7 Å². The van der Waals surface area contributed by atoms with Crippen LogP contribution in [0.4, 0.5) is 20.6 Å². The van der Waals surface area contributed by atoms with Crippen LogP contribution in [-0.2, 0) is 16.6 Å². The Morgan fingerprint density at radius 3 is 2.45 bits per heavy atom. The first-order chi connectivity index (χ1) is 13.9. The normalized spacial score (nSPS) is 15.3. The summed E-state index contributed by atoms with van der Waals surface area (Å²) in [7, 11) is -4.11. The monoisotopic (exact) mass is 428 g/mol. The van der Waals surface area contributed by atoms with Gasteiger partial charge in [-0.3, -0.25) is 4.90 Å². The highest BCUT2D eigenvalue weighted by atomic mass is 32.2. The quantitative estimate of drug-likeness (QED) is 0.556. The molecule has 0 bridgehead atoms. The lowest BCUT2D eigenvalue weighted by Crippen LogP contribution is -2.50. The Bertz CT molecular complexity index is 1200. The van der Waals surface area contributed by atoms with E-state index in [1.807, 2.05) is 12.3 Å². The first-order valence-corrected chi connectivity index (χ1v) is 11.4. The lowest BCUT2D eigenvalue weighted by atomic mass is 10.2. The average Bonchev–Trinajstić information content (AvgIpc) is 2.72. The lowest BCUT2D eigenvalue weighted by molar-refractivity contribution is 0.253. The highest BCUT2D eigenvalue weighted by Crippen LogP contribution is 2.38. The van der Waals surface area contributed by atoms with Crippen molar-refractivity contribution in [2.75, 3.05) is 15.5 Å². The van der Waals surface area contributed by atoms with E-state index in [1.165, 1.54) is 28.8 Å². The fourth-order valence-electron chi connectivity index (χ4n) is 3.25. The molecule has 0 unspecified atom stereocenters. The molecule has 4 rings (SSSR count). The summed E-state index contributed by atoms with van der Waals surface area (Å²) in [5, 5.41) is 0. The molecule has 29 heavy (non-hydrogen) atoms. The number of rotatable bonds is 4. The van der Waals surface area contributed by atoms with Crippen LogP contribution in [-0.4, -0.2) is 20.7 Å². The fourth-order valence-corrected chi connectivity index (χ4v) is 5.29. The predicted octanol–water partition coefficient (Wildman–Crippen LogP) is 4.88. The molecule has 1 aliphatic heterocycles. The molecule has 0 saturated heterocycles. The summed E-state index contributed by atoms with van der Waals surface area (Å²) >= 11 is 1.44. The van der Waals surface area contributed by atoms with E-state index < -0.39 is 21.9 Å². The summed E-state index contributed by atoms with van der Waals surface area (Å²) in [6.45, 7) is -0.0865. The highest BCUT2D eigenvalue weighted by molar-refractivity contribution is 7.98. The molecule has 2 amide bonds. The molecule has 0 spiro atoms. The van der Waals surface area contributed by atoms with Gasteiger partial charge in [0.15, 0.2) is 0 Å². The molecule has 3 aromatic carbocycles. The van der Waals surface area contributed by atoms with Crippen LogP contribution in [0, 0.1) is 5.82 Å². The number of carbonyl (C=O) groups is 1. The van der Waals surface area contributed by atoms with Crippen LogP contribution in [0.5, 0.6) is 0 Å². The number of anilines is 2. The van der Waals surface area contributed by atoms with E-state index in [2.05, 4.69) is 0 Å². The molecule has 0 aromatic heterocycles. The predicted molar refractivity (Wildman–Crippen MR) is 112 cm³/mol. The SMILES string of the molecule is CSc1cccc(N2C(=O)N(Cc3ccccc3F)c3ccccc3S2(=O)=O)c1. The van der Waals surface area contributed by atoms with Crippen molar-refractivity contribution < 1.29 is 17.6 Å². The number of para-hydroxylation sites is 1. The lowest BCUT2D eigenvalue weighted by Gasteiger charge is -2.36. The Balaban J connectivity index is 1.88. The molecule has 0 atom stereocenters. The van der Waals surface area contributed by atoms with Crippen molar-refractivity contribution in [2.45, 2.75) is 16.3 Å². The third-order valence-electron chi connectivity index (χ3n) is 4.65. The second-order valence-electron chi connectivity index (χ2n) is 6.40. The van der Waals surface area contributed by atoms with E-state index in [-0.39, 0.29) is 22.8 Å². The van der Waals surface area contributed by atoms with Crippen molar-refractivity contribution in [1.82, 2.24) is 0 Å². The molecule has 0 aliphatic carbocycles. The van der Waals surface area contributed by atoms with Crippen LogP contribution >= 0.6 is 11.8 Å². The topological polar surface area (TPSA) is 57.7 Å². The van der Waals surface area contributed by atoms with Gasteiger partial charge < -0.3 is 0 Å². The molecule has 0 radical (unpaired) electrons. The van der Waals surface area contributed by atoms with Crippen LogP contribution in [0.2, 0.25) is 0 Å². The molecule has 1 heterocycles. The second kappa shape index (κ2) is 7.53. The Morgan fingerprint density at radius 1 is 0.966 bits per heavy atom. The van der Waals surface area contributed by atoms with Gasteiger partial charge in [-0.25, -0.2) is 17.6 Å². The maximum atomic E-state index is 14.2. The number of urea groups is 1. The van der Waals surface area contributed by atoms with Gasteiger partial charge in [0, 0.05) is 10.5 Å². The summed E-state index contributed by atoms with van der Waals surface area (Å²) in [5.41, 5.74) is 0.778. The van der Waals surface area contributed by atoms with Crippen LogP contribution in [0.1, 0.15) is 5.56 Å². The smallest absolute Gasteiger partial charge is 0.287 e. The fraction of sp³-hybridized carbons (Fsp3) is 0.0952. The first-order valence-electron chi connectivity index (χ1n) is 8.77. The number of sulfonamides is 1. The Kier molecular flexibility index (Phi) is 5.06. The molecular formula is C21H17FN2O3S2. The van der Waals surface area contributed by atoms with E-state index in [9.17, 15) is 17.6 Å². The van der Waals surface area contributed by atoms with Gasteiger partial charge in [-0.15, -0.1) is 11.8 Å².